The smallest absolute Gasteiger partial charge is 0.254 e. The fraction of sp³-hybridized carbons (Fsp3) is 0.160. The first-order valence-electron chi connectivity index (χ1n) is 10.4. The molecule has 0 bridgehead atoms. The second-order valence-electron chi connectivity index (χ2n) is 7.63. The van der Waals surface area contributed by atoms with Crippen molar-refractivity contribution in [2.45, 2.75) is 0 Å². The molecule has 0 aliphatic carbocycles. The molecule has 0 radical (unpaired) electrons. The SMILES string of the molecule is O=C(c1ccccc1)N1CCN(C(=O)c2cc(-c3ccc(Cl)s3)nc3ccccc23)CC1. The number of pyridine rings is 1. The number of para-hydroxylation sites is 1. The summed E-state index contributed by atoms with van der Waals surface area (Å²) in [7, 11) is 0. The number of amides is 2. The van der Waals surface area contributed by atoms with E-state index < -0.39 is 0 Å². The second-order valence-corrected chi connectivity index (χ2v) is 9.34. The van der Waals surface area contributed by atoms with Crippen LogP contribution in [-0.4, -0.2) is 52.8 Å². The number of thiophene rings is 1. The Balaban J connectivity index is 1.40. The molecule has 0 atom stereocenters. The molecule has 160 valence electrons. The number of benzene rings is 2. The van der Waals surface area contributed by atoms with Gasteiger partial charge in [0, 0.05) is 37.1 Å². The van der Waals surface area contributed by atoms with Crippen LogP contribution in [0.2, 0.25) is 4.34 Å². The van der Waals surface area contributed by atoms with Crippen LogP contribution < -0.4 is 0 Å². The quantitative estimate of drug-likeness (QED) is 0.420. The van der Waals surface area contributed by atoms with Gasteiger partial charge in [0.1, 0.15) is 0 Å². The summed E-state index contributed by atoms with van der Waals surface area (Å²) < 4.78 is 0.682. The first kappa shape index (κ1) is 20.7. The zero-order valence-corrected chi connectivity index (χ0v) is 18.8. The Hall–Kier alpha value is -3.22. The van der Waals surface area contributed by atoms with Gasteiger partial charge in [-0.3, -0.25) is 9.59 Å². The summed E-state index contributed by atoms with van der Waals surface area (Å²) in [5.41, 5.74) is 2.81. The molecule has 0 N–H and O–H groups in total. The average molecular weight is 462 g/mol. The van der Waals surface area contributed by atoms with Crippen molar-refractivity contribution in [3.63, 3.8) is 0 Å². The van der Waals surface area contributed by atoms with Crippen LogP contribution in [0.4, 0.5) is 0 Å². The number of hydrogen-bond acceptors (Lipinski definition) is 4. The first-order chi connectivity index (χ1) is 15.6. The molecule has 7 heteroatoms. The van der Waals surface area contributed by atoms with Crippen LogP contribution in [0.25, 0.3) is 21.5 Å². The van der Waals surface area contributed by atoms with Gasteiger partial charge >= 0.3 is 0 Å². The minimum Gasteiger partial charge on any atom is -0.335 e. The second kappa shape index (κ2) is 8.73. The summed E-state index contributed by atoms with van der Waals surface area (Å²) in [6.45, 7) is 2.01. The lowest BCUT2D eigenvalue weighted by molar-refractivity contribution is 0.0536. The van der Waals surface area contributed by atoms with Gasteiger partial charge in [-0.1, -0.05) is 48.0 Å². The summed E-state index contributed by atoms with van der Waals surface area (Å²) in [4.78, 5) is 35.5. The van der Waals surface area contributed by atoms with E-state index in [1.54, 1.807) is 0 Å². The van der Waals surface area contributed by atoms with E-state index in [4.69, 9.17) is 16.6 Å². The standard InChI is InChI=1S/C25H20ClN3O2S/c26-23-11-10-22(32-23)21-16-19(18-8-4-5-9-20(18)27-21)25(31)29-14-12-28(13-15-29)24(30)17-6-2-1-3-7-17/h1-11,16H,12-15H2. The maximum atomic E-state index is 13.5. The van der Waals surface area contributed by atoms with Crippen molar-refractivity contribution in [2.75, 3.05) is 26.2 Å². The molecular formula is C25H20ClN3O2S. The summed E-state index contributed by atoms with van der Waals surface area (Å²) in [5.74, 6) is -0.0387. The minimum absolute atomic E-state index is 0.00363. The number of fused-ring (bicyclic) bond motifs is 1. The predicted molar refractivity (Wildman–Crippen MR) is 128 cm³/mol. The van der Waals surface area contributed by atoms with Crippen molar-refractivity contribution in [1.82, 2.24) is 14.8 Å². The van der Waals surface area contributed by atoms with Crippen molar-refractivity contribution < 1.29 is 9.59 Å². The number of aromatic nitrogens is 1. The van der Waals surface area contributed by atoms with Gasteiger partial charge < -0.3 is 9.80 Å². The summed E-state index contributed by atoms with van der Waals surface area (Å²) in [6.07, 6.45) is 0. The van der Waals surface area contributed by atoms with E-state index in [1.807, 2.05) is 82.6 Å². The Morgan fingerprint density at radius 3 is 2.16 bits per heavy atom. The third kappa shape index (κ3) is 3.99. The number of rotatable bonds is 3. The van der Waals surface area contributed by atoms with Crippen LogP contribution in [0, 0.1) is 0 Å². The molecule has 3 heterocycles. The monoisotopic (exact) mass is 461 g/mol. The van der Waals surface area contributed by atoms with Crippen molar-refractivity contribution in [3.05, 3.63) is 88.3 Å². The van der Waals surface area contributed by atoms with Crippen LogP contribution in [0.15, 0.2) is 72.8 Å². The third-order valence-electron chi connectivity index (χ3n) is 5.65. The molecule has 2 aromatic carbocycles. The highest BCUT2D eigenvalue weighted by Gasteiger charge is 2.27. The van der Waals surface area contributed by atoms with Crippen molar-refractivity contribution >= 4 is 45.7 Å². The molecule has 5 nitrogen and oxygen atoms in total. The molecule has 5 rings (SSSR count). The summed E-state index contributed by atoms with van der Waals surface area (Å²) >= 11 is 7.56. The van der Waals surface area contributed by atoms with Gasteiger partial charge in [0.2, 0.25) is 0 Å². The van der Waals surface area contributed by atoms with Crippen molar-refractivity contribution in [2.24, 2.45) is 0 Å². The number of halogens is 1. The van der Waals surface area contributed by atoms with Crippen LogP contribution in [0.1, 0.15) is 20.7 Å². The highest BCUT2D eigenvalue weighted by Crippen LogP contribution is 2.32. The molecule has 2 amide bonds. The molecule has 0 unspecified atom stereocenters. The fourth-order valence-electron chi connectivity index (χ4n) is 3.98. The lowest BCUT2D eigenvalue weighted by Gasteiger charge is -2.35. The van der Waals surface area contributed by atoms with Crippen LogP contribution in [0.3, 0.4) is 0 Å². The number of carbonyl (C=O) groups excluding carboxylic acids is 2. The van der Waals surface area contributed by atoms with E-state index in [2.05, 4.69) is 0 Å². The fourth-order valence-corrected chi connectivity index (χ4v) is 4.98. The van der Waals surface area contributed by atoms with Gasteiger partial charge in [-0.2, -0.15) is 0 Å². The van der Waals surface area contributed by atoms with Gasteiger partial charge in [0.25, 0.3) is 11.8 Å². The Morgan fingerprint density at radius 2 is 1.47 bits per heavy atom. The van der Waals surface area contributed by atoms with Crippen LogP contribution in [-0.2, 0) is 0 Å². The molecule has 0 saturated carbocycles. The number of hydrogen-bond donors (Lipinski definition) is 0. The zero-order chi connectivity index (χ0) is 22.1. The van der Waals surface area contributed by atoms with E-state index in [-0.39, 0.29) is 11.8 Å². The van der Waals surface area contributed by atoms with E-state index in [1.165, 1.54) is 11.3 Å². The number of nitrogens with zero attached hydrogens (tertiary/aromatic N) is 3. The lowest BCUT2D eigenvalue weighted by atomic mass is 10.1. The van der Waals surface area contributed by atoms with E-state index in [9.17, 15) is 9.59 Å². The third-order valence-corrected chi connectivity index (χ3v) is 6.90. The van der Waals surface area contributed by atoms with Gasteiger partial charge in [-0.05, 0) is 36.4 Å². The maximum Gasteiger partial charge on any atom is 0.254 e. The topological polar surface area (TPSA) is 53.5 Å². The minimum atomic E-state index is -0.0423. The molecule has 32 heavy (non-hydrogen) atoms. The first-order valence-corrected chi connectivity index (χ1v) is 11.6. The Bertz CT molecular complexity index is 1300. The number of piperazine rings is 1. The van der Waals surface area contributed by atoms with Crippen LogP contribution >= 0.6 is 22.9 Å². The molecule has 2 aromatic heterocycles. The van der Waals surface area contributed by atoms with Crippen LogP contribution in [0.5, 0.6) is 0 Å². The molecule has 1 fully saturated rings. The number of carbonyl (C=O) groups is 2. The molecule has 4 aromatic rings. The van der Waals surface area contributed by atoms with E-state index >= 15 is 0 Å². The Labute approximate surface area is 194 Å². The molecular weight excluding hydrogens is 442 g/mol. The summed E-state index contributed by atoms with van der Waals surface area (Å²) in [6, 6.07) is 22.6. The normalized spacial score (nSPS) is 14.0. The van der Waals surface area contributed by atoms with Gasteiger partial charge in [-0.25, -0.2) is 4.98 Å². The lowest BCUT2D eigenvalue weighted by Crippen LogP contribution is -2.50. The van der Waals surface area contributed by atoms with E-state index in [0.29, 0.717) is 41.6 Å². The van der Waals surface area contributed by atoms with Gasteiger partial charge in [0.05, 0.1) is 26.0 Å². The highest BCUT2D eigenvalue weighted by molar-refractivity contribution is 7.19. The Morgan fingerprint density at radius 1 is 0.812 bits per heavy atom. The van der Waals surface area contributed by atoms with E-state index in [0.717, 1.165) is 21.5 Å². The van der Waals surface area contributed by atoms with Crippen molar-refractivity contribution in [3.8, 4) is 10.6 Å². The van der Waals surface area contributed by atoms with Crippen molar-refractivity contribution in [1.29, 1.82) is 0 Å². The Kier molecular flexibility index (Phi) is 5.64. The zero-order valence-electron chi connectivity index (χ0n) is 17.2. The molecule has 1 aliphatic heterocycles. The largest absolute Gasteiger partial charge is 0.335 e. The summed E-state index contributed by atoms with van der Waals surface area (Å²) in [5, 5.41) is 0.826. The molecule has 1 aliphatic rings. The van der Waals surface area contributed by atoms with Gasteiger partial charge in [-0.15, -0.1) is 11.3 Å². The maximum absolute atomic E-state index is 13.5. The average Bonchev–Trinajstić information content (AvgIpc) is 3.29. The molecule has 1 saturated heterocycles. The van der Waals surface area contributed by atoms with Gasteiger partial charge in [0.15, 0.2) is 0 Å². The highest BCUT2D eigenvalue weighted by atomic mass is 35.5. The predicted octanol–water partition coefficient (Wildman–Crippen LogP) is 5.21. The molecule has 0 spiro atoms.